The van der Waals surface area contributed by atoms with E-state index in [4.69, 9.17) is 0 Å². The molecule has 32 heavy (non-hydrogen) atoms. The van der Waals surface area contributed by atoms with E-state index in [-0.39, 0.29) is 18.4 Å². The van der Waals surface area contributed by atoms with Crippen LogP contribution in [0, 0.1) is 5.92 Å². The molecule has 0 aromatic heterocycles. The van der Waals surface area contributed by atoms with Crippen molar-refractivity contribution in [3.05, 3.63) is 89.5 Å². The smallest absolute Gasteiger partial charge is 0.246 e. The van der Waals surface area contributed by atoms with Crippen molar-refractivity contribution in [2.75, 3.05) is 11.4 Å². The molecule has 1 aliphatic rings. The molecule has 0 fully saturated rings. The molecule has 1 aliphatic carbocycles. The van der Waals surface area contributed by atoms with Crippen LogP contribution in [0.15, 0.2) is 72.8 Å². The fourth-order valence-corrected chi connectivity index (χ4v) is 4.17. The van der Waals surface area contributed by atoms with Crippen LogP contribution in [0.25, 0.3) is 11.1 Å². The molecule has 0 bridgehead atoms. The standard InChI is InChI=1S/C28H30N2O2/c1-20(2)12-15-27(31)29-18-28(32)30(19-21-8-4-3-5-9-21)24-13-14-26-23(17-24)16-22-10-6-7-11-25(22)26/h3-11,13-14,17,20H,12,15-16,18-19H2,1-2H3,(H,29,31). The minimum absolute atomic E-state index is 0.00106. The first-order valence-electron chi connectivity index (χ1n) is 11.3. The number of amides is 2. The second kappa shape index (κ2) is 9.82. The van der Waals surface area contributed by atoms with Gasteiger partial charge in [-0.25, -0.2) is 0 Å². The van der Waals surface area contributed by atoms with Gasteiger partial charge in [-0.2, -0.15) is 0 Å². The summed E-state index contributed by atoms with van der Waals surface area (Å²) in [7, 11) is 0. The Morgan fingerprint density at radius 2 is 1.62 bits per heavy atom. The molecule has 4 nitrogen and oxygen atoms in total. The molecule has 0 spiro atoms. The highest BCUT2D eigenvalue weighted by atomic mass is 16.2. The van der Waals surface area contributed by atoms with Crippen molar-refractivity contribution in [1.29, 1.82) is 0 Å². The molecule has 0 heterocycles. The summed E-state index contributed by atoms with van der Waals surface area (Å²) in [6.07, 6.45) is 2.14. The first-order chi connectivity index (χ1) is 15.5. The Morgan fingerprint density at radius 3 is 2.41 bits per heavy atom. The number of hydrogen-bond acceptors (Lipinski definition) is 2. The first-order valence-corrected chi connectivity index (χ1v) is 11.3. The van der Waals surface area contributed by atoms with E-state index < -0.39 is 0 Å². The largest absolute Gasteiger partial charge is 0.347 e. The van der Waals surface area contributed by atoms with Gasteiger partial charge >= 0.3 is 0 Å². The molecule has 0 unspecified atom stereocenters. The lowest BCUT2D eigenvalue weighted by Crippen LogP contribution is -2.40. The Balaban J connectivity index is 1.54. The highest BCUT2D eigenvalue weighted by Gasteiger charge is 2.22. The molecule has 3 aromatic carbocycles. The van der Waals surface area contributed by atoms with E-state index in [0.29, 0.717) is 18.9 Å². The highest BCUT2D eigenvalue weighted by molar-refractivity contribution is 5.97. The van der Waals surface area contributed by atoms with E-state index in [0.717, 1.165) is 24.1 Å². The van der Waals surface area contributed by atoms with Gasteiger partial charge in [-0.05, 0) is 58.7 Å². The van der Waals surface area contributed by atoms with Gasteiger partial charge in [-0.3, -0.25) is 9.59 Å². The number of fused-ring (bicyclic) bond motifs is 3. The molecule has 3 aromatic rings. The average molecular weight is 427 g/mol. The minimum Gasteiger partial charge on any atom is -0.347 e. The van der Waals surface area contributed by atoms with Crippen LogP contribution in [-0.2, 0) is 22.6 Å². The summed E-state index contributed by atoms with van der Waals surface area (Å²) in [5, 5.41) is 2.81. The van der Waals surface area contributed by atoms with Crippen molar-refractivity contribution in [1.82, 2.24) is 5.32 Å². The quantitative estimate of drug-likeness (QED) is 0.413. The van der Waals surface area contributed by atoms with Gasteiger partial charge < -0.3 is 10.2 Å². The van der Waals surface area contributed by atoms with Crippen molar-refractivity contribution in [3.8, 4) is 11.1 Å². The molecule has 1 N–H and O–H groups in total. The third-order valence-corrected chi connectivity index (χ3v) is 5.96. The third kappa shape index (κ3) is 5.08. The fraction of sp³-hybridized carbons (Fsp3) is 0.286. The van der Waals surface area contributed by atoms with Gasteiger partial charge in [-0.1, -0.05) is 74.5 Å². The van der Waals surface area contributed by atoms with E-state index in [9.17, 15) is 9.59 Å². The molecular weight excluding hydrogens is 396 g/mol. The number of carbonyl (C=O) groups is 2. The van der Waals surface area contributed by atoms with Crippen LogP contribution in [0.4, 0.5) is 5.69 Å². The topological polar surface area (TPSA) is 49.4 Å². The molecule has 0 aliphatic heterocycles. The Labute approximate surface area is 190 Å². The van der Waals surface area contributed by atoms with Crippen molar-refractivity contribution in [2.45, 2.75) is 39.7 Å². The molecule has 4 heteroatoms. The Hall–Kier alpha value is -3.40. The number of rotatable bonds is 8. The van der Waals surface area contributed by atoms with E-state index >= 15 is 0 Å². The molecule has 0 radical (unpaired) electrons. The van der Waals surface area contributed by atoms with Crippen LogP contribution < -0.4 is 10.2 Å². The number of hydrogen-bond donors (Lipinski definition) is 1. The number of benzene rings is 3. The van der Waals surface area contributed by atoms with Gasteiger partial charge in [0.05, 0.1) is 13.1 Å². The van der Waals surface area contributed by atoms with Crippen molar-refractivity contribution < 1.29 is 9.59 Å². The number of nitrogens with one attached hydrogen (secondary N) is 1. The summed E-state index contributed by atoms with van der Waals surface area (Å²) in [4.78, 5) is 27.2. The van der Waals surface area contributed by atoms with Gasteiger partial charge in [0.25, 0.3) is 0 Å². The van der Waals surface area contributed by atoms with Gasteiger partial charge in [-0.15, -0.1) is 0 Å². The van der Waals surface area contributed by atoms with Gasteiger partial charge in [0.2, 0.25) is 11.8 Å². The SMILES string of the molecule is CC(C)CCC(=O)NCC(=O)N(Cc1ccccc1)c1ccc2c(c1)Cc1ccccc1-2. The summed E-state index contributed by atoms with van der Waals surface area (Å²) in [6.45, 7) is 4.65. The van der Waals surface area contributed by atoms with Gasteiger partial charge in [0, 0.05) is 12.1 Å². The van der Waals surface area contributed by atoms with Gasteiger partial charge in [0.15, 0.2) is 0 Å². The lowest BCUT2D eigenvalue weighted by Gasteiger charge is -2.24. The van der Waals surface area contributed by atoms with E-state index in [1.165, 1.54) is 22.3 Å². The number of nitrogens with zero attached hydrogens (tertiary/aromatic N) is 1. The summed E-state index contributed by atoms with van der Waals surface area (Å²) >= 11 is 0. The predicted octanol–water partition coefficient (Wildman–Crippen LogP) is 5.34. The van der Waals surface area contributed by atoms with E-state index in [2.05, 4.69) is 55.6 Å². The molecule has 0 atom stereocenters. The zero-order valence-corrected chi connectivity index (χ0v) is 18.8. The lowest BCUT2D eigenvalue weighted by molar-refractivity contribution is -0.125. The summed E-state index contributed by atoms with van der Waals surface area (Å²) < 4.78 is 0. The molecule has 0 saturated carbocycles. The van der Waals surface area contributed by atoms with Crippen molar-refractivity contribution >= 4 is 17.5 Å². The third-order valence-electron chi connectivity index (χ3n) is 5.96. The van der Waals surface area contributed by atoms with Crippen LogP contribution in [-0.4, -0.2) is 18.4 Å². The summed E-state index contributed by atoms with van der Waals surface area (Å²) in [5.41, 5.74) is 6.97. The maximum atomic E-state index is 13.2. The molecule has 0 saturated heterocycles. The zero-order valence-electron chi connectivity index (χ0n) is 18.8. The molecular formula is C28H30N2O2. The number of carbonyl (C=O) groups excluding carboxylic acids is 2. The maximum absolute atomic E-state index is 13.2. The van der Waals surface area contributed by atoms with Crippen molar-refractivity contribution in [3.63, 3.8) is 0 Å². The lowest BCUT2D eigenvalue weighted by atomic mass is 10.0. The van der Waals surface area contributed by atoms with Crippen LogP contribution >= 0.6 is 0 Å². The normalized spacial score (nSPS) is 11.7. The summed E-state index contributed by atoms with van der Waals surface area (Å²) in [5.74, 6) is 0.278. The van der Waals surface area contributed by atoms with Crippen LogP contribution in [0.5, 0.6) is 0 Å². The first kappa shape index (κ1) is 21.8. The second-order valence-corrected chi connectivity index (χ2v) is 8.85. The van der Waals surface area contributed by atoms with Crippen LogP contribution in [0.2, 0.25) is 0 Å². The molecule has 4 rings (SSSR count). The average Bonchev–Trinajstić information content (AvgIpc) is 3.18. The van der Waals surface area contributed by atoms with Crippen LogP contribution in [0.3, 0.4) is 0 Å². The second-order valence-electron chi connectivity index (χ2n) is 8.85. The Kier molecular flexibility index (Phi) is 6.69. The van der Waals surface area contributed by atoms with E-state index in [1.807, 2.05) is 36.4 Å². The molecule has 164 valence electrons. The highest BCUT2D eigenvalue weighted by Crippen LogP contribution is 2.38. The zero-order chi connectivity index (χ0) is 22.5. The van der Waals surface area contributed by atoms with Crippen molar-refractivity contribution in [2.24, 2.45) is 5.92 Å². The Morgan fingerprint density at radius 1 is 0.906 bits per heavy atom. The summed E-state index contributed by atoms with van der Waals surface area (Å²) in [6, 6.07) is 24.7. The minimum atomic E-state index is -0.109. The van der Waals surface area contributed by atoms with Gasteiger partial charge in [0.1, 0.15) is 0 Å². The predicted molar refractivity (Wildman–Crippen MR) is 129 cm³/mol. The van der Waals surface area contributed by atoms with E-state index in [1.54, 1.807) is 4.90 Å². The molecule has 2 amide bonds. The maximum Gasteiger partial charge on any atom is 0.246 e. The monoisotopic (exact) mass is 426 g/mol. The van der Waals surface area contributed by atoms with Crippen LogP contribution in [0.1, 0.15) is 43.4 Å². The number of anilines is 1. The fourth-order valence-electron chi connectivity index (χ4n) is 4.17. The Bertz CT molecular complexity index is 1110.